The van der Waals surface area contributed by atoms with Gasteiger partial charge in [0, 0.05) is 5.92 Å². The van der Waals surface area contributed by atoms with Gasteiger partial charge in [-0.05, 0) is 44.6 Å². The number of ketones is 1. The molecule has 1 nitrogen and oxygen atoms in total. The molecule has 0 fully saturated rings. The molecule has 84 valence electrons. The first kappa shape index (κ1) is 12.2. The number of carbonyl (C=O) groups is 1. The lowest BCUT2D eigenvalue weighted by atomic mass is 9.66. The summed E-state index contributed by atoms with van der Waals surface area (Å²) in [5, 5.41) is 0. The summed E-state index contributed by atoms with van der Waals surface area (Å²) < 4.78 is 0. The molecule has 0 amide bonds. The van der Waals surface area contributed by atoms with E-state index in [1.807, 2.05) is 0 Å². The van der Waals surface area contributed by atoms with Crippen LogP contribution < -0.4 is 0 Å². The van der Waals surface area contributed by atoms with E-state index in [0.717, 1.165) is 0 Å². The molecule has 0 radical (unpaired) electrons. The first-order valence-electron chi connectivity index (χ1n) is 5.85. The molecule has 1 aliphatic rings. The van der Waals surface area contributed by atoms with Gasteiger partial charge >= 0.3 is 0 Å². The molecule has 2 atom stereocenters. The van der Waals surface area contributed by atoms with Crippen molar-refractivity contribution in [3.05, 3.63) is 23.8 Å². The highest BCUT2D eigenvalue weighted by Crippen LogP contribution is 2.44. The predicted octanol–water partition coefficient (Wildman–Crippen LogP) is 3.90. The first-order chi connectivity index (χ1) is 6.99. The van der Waals surface area contributed by atoms with Crippen LogP contribution in [0.5, 0.6) is 0 Å². The molecule has 0 N–H and O–H groups in total. The van der Waals surface area contributed by atoms with Crippen molar-refractivity contribution >= 4 is 5.78 Å². The third kappa shape index (κ3) is 2.80. The van der Waals surface area contributed by atoms with Crippen molar-refractivity contribution in [2.24, 2.45) is 11.3 Å². The van der Waals surface area contributed by atoms with Crippen LogP contribution in [-0.2, 0) is 4.79 Å². The number of allylic oxidation sites excluding steroid dienone is 4. The fourth-order valence-electron chi connectivity index (χ4n) is 2.47. The Morgan fingerprint density at radius 1 is 1.67 bits per heavy atom. The van der Waals surface area contributed by atoms with Gasteiger partial charge in [0.2, 0.25) is 0 Å². The fraction of sp³-hybridized carbons (Fsp3) is 0.643. The van der Waals surface area contributed by atoms with E-state index >= 15 is 0 Å². The van der Waals surface area contributed by atoms with Crippen LogP contribution in [0, 0.1) is 11.3 Å². The molecule has 0 spiro atoms. The Morgan fingerprint density at radius 3 is 2.87 bits per heavy atom. The zero-order valence-electron chi connectivity index (χ0n) is 10.3. The van der Waals surface area contributed by atoms with Crippen molar-refractivity contribution in [3.63, 3.8) is 0 Å². The van der Waals surface area contributed by atoms with E-state index in [2.05, 4.69) is 32.9 Å². The van der Waals surface area contributed by atoms with Crippen LogP contribution in [0.3, 0.4) is 0 Å². The normalized spacial score (nSPS) is 31.7. The Bertz CT molecular complexity index is 298. The summed E-state index contributed by atoms with van der Waals surface area (Å²) in [4.78, 5) is 11.0. The Hall–Kier alpha value is -0.850. The summed E-state index contributed by atoms with van der Waals surface area (Å²) in [5.74, 6) is 0.590. The highest BCUT2D eigenvalue weighted by Gasteiger charge is 2.33. The molecule has 15 heavy (non-hydrogen) atoms. The second-order valence-electron chi connectivity index (χ2n) is 4.94. The molecule has 0 bridgehead atoms. The van der Waals surface area contributed by atoms with Gasteiger partial charge in [0.15, 0.2) is 5.78 Å². The van der Waals surface area contributed by atoms with E-state index in [0.29, 0.717) is 11.3 Å². The van der Waals surface area contributed by atoms with Crippen LogP contribution >= 0.6 is 0 Å². The quantitative estimate of drug-likeness (QED) is 0.505. The van der Waals surface area contributed by atoms with Crippen LogP contribution in [-0.4, -0.2) is 5.78 Å². The summed E-state index contributed by atoms with van der Waals surface area (Å²) in [7, 11) is 0. The van der Waals surface area contributed by atoms with Crippen molar-refractivity contribution in [2.75, 3.05) is 0 Å². The van der Waals surface area contributed by atoms with Gasteiger partial charge in [-0.25, -0.2) is 0 Å². The zero-order chi connectivity index (χ0) is 11.5. The highest BCUT2D eigenvalue weighted by molar-refractivity contribution is 5.87. The number of hydrogen-bond acceptors (Lipinski definition) is 1. The van der Waals surface area contributed by atoms with Crippen LogP contribution in [0.2, 0.25) is 0 Å². The lowest BCUT2D eigenvalue weighted by Gasteiger charge is -2.39. The molecule has 0 aromatic carbocycles. The summed E-state index contributed by atoms with van der Waals surface area (Å²) in [6, 6.07) is 0. The summed E-state index contributed by atoms with van der Waals surface area (Å²) in [6.45, 7) is 8.37. The molecule has 0 heterocycles. The van der Waals surface area contributed by atoms with E-state index in [1.165, 1.54) is 24.8 Å². The Balaban J connectivity index is 2.92. The van der Waals surface area contributed by atoms with Gasteiger partial charge in [0.05, 0.1) is 0 Å². The van der Waals surface area contributed by atoms with Crippen LogP contribution in [0.25, 0.3) is 0 Å². The monoisotopic (exact) mass is 206 g/mol. The molecular weight excluding hydrogens is 184 g/mol. The van der Waals surface area contributed by atoms with E-state index in [-0.39, 0.29) is 5.78 Å². The molecule has 0 aliphatic heterocycles. The standard InChI is InChI=1S/C14H22O/c1-5-14(4)10-6-7-11(2)13(14)9-8-12(3)15/h7-9,13H,5-6,10H2,1-4H3. The summed E-state index contributed by atoms with van der Waals surface area (Å²) in [6.07, 6.45) is 9.71. The molecule has 0 aromatic heterocycles. The van der Waals surface area contributed by atoms with Crippen LogP contribution in [0.4, 0.5) is 0 Å². The van der Waals surface area contributed by atoms with E-state index in [4.69, 9.17) is 0 Å². The molecule has 1 aliphatic carbocycles. The summed E-state index contributed by atoms with van der Waals surface area (Å²) in [5.41, 5.74) is 1.76. The average Bonchev–Trinajstić information content (AvgIpc) is 2.16. The van der Waals surface area contributed by atoms with Crippen molar-refractivity contribution in [3.8, 4) is 0 Å². The molecule has 0 saturated carbocycles. The molecule has 0 saturated heterocycles. The predicted molar refractivity (Wildman–Crippen MR) is 64.7 cm³/mol. The fourth-order valence-corrected chi connectivity index (χ4v) is 2.47. The second kappa shape index (κ2) is 4.78. The topological polar surface area (TPSA) is 17.1 Å². The molecule has 0 aromatic rings. The minimum absolute atomic E-state index is 0.145. The minimum Gasteiger partial charge on any atom is -0.295 e. The van der Waals surface area contributed by atoms with Gasteiger partial charge in [0.1, 0.15) is 0 Å². The van der Waals surface area contributed by atoms with Gasteiger partial charge < -0.3 is 0 Å². The molecule has 2 unspecified atom stereocenters. The molecule has 1 heteroatoms. The van der Waals surface area contributed by atoms with Gasteiger partial charge in [-0.15, -0.1) is 0 Å². The molecule has 1 rings (SSSR count). The third-order valence-corrected chi connectivity index (χ3v) is 3.75. The minimum atomic E-state index is 0.145. The maximum atomic E-state index is 11.0. The second-order valence-corrected chi connectivity index (χ2v) is 4.94. The van der Waals surface area contributed by atoms with Crippen LogP contribution in [0.1, 0.15) is 47.0 Å². The van der Waals surface area contributed by atoms with Gasteiger partial charge in [-0.3, -0.25) is 4.79 Å². The SMILES string of the molecule is CCC1(C)CCC=C(C)C1C=CC(C)=O. The van der Waals surface area contributed by atoms with Crippen molar-refractivity contribution < 1.29 is 4.79 Å². The third-order valence-electron chi connectivity index (χ3n) is 3.75. The van der Waals surface area contributed by atoms with E-state index in [9.17, 15) is 4.79 Å². The Morgan fingerprint density at radius 2 is 2.33 bits per heavy atom. The van der Waals surface area contributed by atoms with E-state index < -0.39 is 0 Å². The van der Waals surface area contributed by atoms with Gasteiger partial charge in [-0.2, -0.15) is 0 Å². The van der Waals surface area contributed by atoms with Crippen LogP contribution in [0.15, 0.2) is 23.8 Å². The lowest BCUT2D eigenvalue weighted by Crippen LogP contribution is -2.29. The van der Waals surface area contributed by atoms with Gasteiger partial charge in [0.25, 0.3) is 0 Å². The summed E-state index contributed by atoms with van der Waals surface area (Å²) >= 11 is 0. The number of carbonyl (C=O) groups excluding carboxylic acids is 1. The Labute approximate surface area is 93.3 Å². The van der Waals surface area contributed by atoms with E-state index in [1.54, 1.807) is 13.0 Å². The number of rotatable bonds is 3. The molecular formula is C14H22O. The largest absolute Gasteiger partial charge is 0.295 e. The van der Waals surface area contributed by atoms with Crippen molar-refractivity contribution in [1.82, 2.24) is 0 Å². The maximum Gasteiger partial charge on any atom is 0.152 e. The zero-order valence-corrected chi connectivity index (χ0v) is 10.3. The maximum absolute atomic E-state index is 11.0. The van der Waals surface area contributed by atoms with Crippen molar-refractivity contribution in [2.45, 2.75) is 47.0 Å². The smallest absolute Gasteiger partial charge is 0.152 e. The van der Waals surface area contributed by atoms with Gasteiger partial charge in [-0.1, -0.05) is 31.6 Å². The average molecular weight is 206 g/mol. The number of hydrogen-bond donors (Lipinski definition) is 0. The highest BCUT2D eigenvalue weighted by atomic mass is 16.1. The Kier molecular flexibility index (Phi) is 3.90. The first-order valence-corrected chi connectivity index (χ1v) is 5.85. The van der Waals surface area contributed by atoms with Crippen molar-refractivity contribution in [1.29, 1.82) is 0 Å². The lowest BCUT2D eigenvalue weighted by molar-refractivity contribution is -0.112.